The fraction of sp³-hybridized carbons (Fsp3) is 0.778. The van der Waals surface area contributed by atoms with Crippen LogP contribution < -0.4 is 10.5 Å². The van der Waals surface area contributed by atoms with Gasteiger partial charge >= 0.3 is 6.98 Å². The predicted molar refractivity (Wildman–Crippen MR) is 57.7 cm³/mol. The van der Waals surface area contributed by atoms with Crippen molar-refractivity contribution < 1.29 is 9.59 Å². The number of carbonyl (C=O) groups is 2. The molecule has 80 valence electrons. The third kappa shape index (κ3) is 5.62. The monoisotopic (exact) mass is 198 g/mol. The van der Waals surface area contributed by atoms with E-state index in [0.29, 0.717) is 12.8 Å². The van der Waals surface area contributed by atoms with Gasteiger partial charge in [-0.1, -0.05) is 27.2 Å². The van der Waals surface area contributed by atoms with Crippen LogP contribution in [0.5, 0.6) is 0 Å². The van der Waals surface area contributed by atoms with Crippen molar-refractivity contribution in [2.45, 2.75) is 46.4 Å². The van der Waals surface area contributed by atoms with Crippen LogP contribution >= 0.6 is 0 Å². The summed E-state index contributed by atoms with van der Waals surface area (Å²) in [5, 5.41) is 5.52. The van der Waals surface area contributed by atoms with Crippen molar-refractivity contribution in [1.82, 2.24) is 10.5 Å². The molecule has 0 aliphatic carbocycles. The van der Waals surface area contributed by atoms with Crippen LogP contribution in [0.1, 0.15) is 40.0 Å². The summed E-state index contributed by atoms with van der Waals surface area (Å²) in [6.45, 7) is 5.39. The topological polar surface area (TPSA) is 58.2 Å². The second-order valence-corrected chi connectivity index (χ2v) is 3.18. The number of rotatable bonds is 6. The molecule has 5 heteroatoms. The van der Waals surface area contributed by atoms with Crippen LogP contribution in [0.3, 0.4) is 0 Å². The van der Waals surface area contributed by atoms with Gasteiger partial charge in [0.1, 0.15) is 0 Å². The normalized spacial score (nSPS) is 9.36. The first-order valence-electron chi connectivity index (χ1n) is 5.22. The van der Waals surface area contributed by atoms with E-state index in [9.17, 15) is 9.59 Å². The maximum Gasteiger partial charge on any atom is 0.374 e. The smallest absolute Gasteiger partial charge is 0.374 e. The molecule has 2 amide bonds. The lowest BCUT2D eigenvalue weighted by molar-refractivity contribution is -0.119. The molecule has 0 radical (unpaired) electrons. The molecule has 0 aliphatic rings. The van der Waals surface area contributed by atoms with E-state index in [-0.39, 0.29) is 18.8 Å². The van der Waals surface area contributed by atoms with Crippen molar-refractivity contribution in [3.63, 3.8) is 0 Å². The van der Waals surface area contributed by atoms with Crippen LogP contribution in [0.25, 0.3) is 0 Å². The Morgan fingerprint density at radius 2 is 1.43 bits per heavy atom. The first-order valence-corrected chi connectivity index (χ1v) is 5.22. The summed E-state index contributed by atoms with van der Waals surface area (Å²) in [5.41, 5.74) is 0. The summed E-state index contributed by atoms with van der Waals surface area (Å²) in [5.74, 6) is -0.0558. The first kappa shape index (κ1) is 13.0. The molecule has 0 aromatic heterocycles. The minimum Gasteiger partial charge on any atom is -0.380 e. The molecule has 0 heterocycles. The average Bonchev–Trinajstić information content (AvgIpc) is 2.17. The van der Waals surface area contributed by atoms with Gasteiger partial charge in [0, 0.05) is 12.8 Å². The van der Waals surface area contributed by atoms with E-state index in [1.54, 1.807) is 13.8 Å². The minimum absolute atomic E-state index is 0.0279. The zero-order valence-corrected chi connectivity index (χ0v) is 9.22. The highest BCUT2D eigenvalue weighted by Gasteiger charge is 2.18. The molecule has 0 aromatic carbocycles. The fourth-order valence-corrected chi connectivity index (χ4v) is 1.06. The summed E-state index contributed by atoms with van der Waals surface area (Å²) in [7, 11) is 0. The predicted octanol–water partition coefficient (Wildman–Crippen LogP) is 0.937. The van der Waals surface area contributed by atoms with Crippen molar-refractivity contribution in [2.24, 2.45) is 0 Å². The third-order valence-electron chi connectivity index (χ3n) is 1.89. The van der Waals surface area contributed by atoms with Gasteiger partial charge in [0.2, 0.25) is 11.8 Å². The molecule has 0 atom stereocenters. The van der Waals surface area contributed by atoms with Gasteiger partial charge in [0.05, 0.1) is 0 Å². The quantitative estimate of drug-likeness (QED) is 0.624. The summed E-state index contributed by atoms with van der Waals surface area (Å²) >= 11 is 0. The summed E-state index contributed by atoms with van der Waals surface area (Å²) in [6.07, 6.45) is 2.60. The number of amides is 2. The van der Waals surface area contributed by atoms with Crippen LogP contribution in [-0.2, 0) is 9.59 Å². The molecular formula is C9H19BN2O2. The van der Waals surface area contributed by atoms with E-state index >= 15 is 0 Å². The number of nitrogens with one attached hydrogen (secondary N) is 2. The van der Waals surface area contributed by atoms with Crippen molar-refractivity contribution in [3.8, 4) is 0 Å². The van der Waals surface area contributed by atoms with Gasteiger partial charge in [-0.25, -0.2) is 0 Å². The highest BCUT2D eigenvalue weighted by atomic mass is 16.2. The Kier molecular flexibility index (Phi) is 6.89. The summed E-state index contributed by atoms with van der Waals surface area (Å²) < 4.78 is 0. The maximum absolute atomic E-state index is 11.1. The van der Waals surface area contributed by atoms with Gasteiger partial charge < -0.3 is 10.5 Å². The number of hydrogen-bond donors (Lipinski definition) is 2. The highest BCUT2D eigenvalue weighted by molar-refractivity contribution is 6.59. The molecule has 14 heavy (non-hydrogen) atoms. The molecule has 0 unspecified atom stereocenters. The second kappa shape index (κ2) is 7.41. The molecule has 4 nitrogen and oxygen atoms in total. The van der Waals surface area contributed by atoms with Gasteiger partial charge in [-0.15, -0.1) is 0 Å². The Morgan fingerprint density at radius 1 is 1.00 bits per heavy atom. The minimum atomic E-state index is -0.208. The standard InChI is InChI=1S/C9H19BN2O2/c1-4-7-10(11-8(13)5-2)12-9(14)6-3/h4-7H2,1-3H3,(H,11,13)(H,12,14). The summed E-state index contributed by atoms with van der Waals surface area (Å²) in [6, 6.07) is 0. The van der Waals surface area contributed by atoms with Gasteiger partial charge in [0.25, 0.3) is 0 Å². The Hall–Kier alpha value is -0.995. The lowest BCUT2D eigenvalue weighted by Gasteiger charge is -2.14. The fourth-order valence-electron chi connectivity index (χ4n) is 1.06. The van der Waals surface area contributed by atoms with Gasteiger partial charge in [-0.2, -0.15) is 0 Å². The van der Waals surface area contributed by atoms with E-state index in [4.69, 9.17) is 0 Å². The van der Waals surface area contributed by atoms with E-state index in [2.05, 4.69) is 10.5 Å². The van der Waals surface area contributed by atoms with Crippen LogP contribution in [0.4, 0.5) is 0 Å². The van der Waals surface area contributed by atoms with Crippen molar-refractivity contribution in [2.75, 3.05) is 0 Å². The maximum atomic E-state index is 11.1. The van der Waals surface area contributed by atoms with Gasteiger partial charge in [0.15, 0.2) is 0 Å². The third-order valence-corrected chi connectivity index (χ3v) is 1.89. The molecule has 0 saturated heterocycles. The van der Waals surface area contributed by atoms with Gasteiger partial charge in [-0.3, -0.25) is 9.59 Å². The molecule has 0 fully saturated rings. The largest absolute Gasteiger partial charge is 0.380 e. The highest BCUT2D eigenvalue weighted by Crippen LogP contribution is 1.92. The lowest BCUT2D eigenvalue weighted by Crippen LogP contribution is -2.51. The van der Waals surface area contributed by atoms with E-state index in [0.717, 1.165) is 12.7 Å². The first-order chi connectivity index (χ1) is 6.63. The van der Waals surface area contributed by atoms with E-state index in [1.807, 2.05) is 6.92 Å². The molecule has 0 aliphatic heterocycles. The molecule has 0 spiro atoms. The van der Waals surface area contributed by atoms with Crippen LogP contribution in [0, 0.1) is 0 Å². The van der Waals surface area contributed by atoms with Crippen molar-refractivity contribution in [1.29, 1.82) is 0 Å². The molecule has 0 bridgehead atoms. The molecular weight excluding hydrogens is 179 g/mol. The Balaban J connectivity index is 4.00. The number of hydrogen-bond acceptors (Lipinski definition) is 2. The van der Waals surface area contributed by atoms with Crippen LogP contribution in [0.2, 0.25) is 6.32 Å². The molecule has 2 N–H and O–H groups in total. The lowest BCUT2D eigenvalue weighted by atomic mass is 9.71. The second-order valence-electron chi connectivity index (χ2n) is 3.18. The Labute approximate surface area is 85.9 Å². The van der Waals surface area contributed by atoms with Crippen LogP contribution in [-0.4, -0.2) is 18.8 Å². The van der Waals surface area contributed by atoms with E-state index in [1.165, 1.54) is 0 Å². The van der Waals surface area contributed by atoms with Crippen molar-refractivity contribution in [3.05, 3.63) is 0 Å². The van der Waals surface area contributed by atoms with Gasteiger partial charge in [-0.05, 0) is 6.32 Å². The average molecular weight is 198 g/mol. The zero-order valence-electron chi connectivity index (χ0n) is 9.22. The van der Waals surface area contributed by atoms with Crippen LogP contribution in [0.15, 0.2) is 0 Å². The zero-order chi connectivity index (χ0) is 11.0. The molecule has 0 aromatic rings. The Bertz CT molecular complexity index is 179. The number of carbonyl (C=O) groups excluding carboxylic acids is 2. The van der Waals surface area contributed by atoms with Crippen molar-refractivity contribution >= 4 is 18.8 Å². The molecule has 0 saturated carbocycles. The molecule has 0 rings (SSSR count). The Morgan fingerprint density at radius 3 is 1.71 bits per heavy atom. The van der Waals surface area contributed by atoms with E-state index < -0.39 is 0 Å². The summed E-state index contributed by atoms with van der Waals surface area (Å²) in [4.78, 5) is 22.2. The SMILES string of the molecule is CCCB(NC(=O)CC)NC(=O)CC.